The molecule has 0 saturated carbocycles. The molecule has 1 heterocycles. The molecule has 0 aliphatic rings. The lowest BCUT2D eigenvalue weighted by Crippen LogP contribution is -2.15. The molecule has 8 nitrogen and oxygen atoms in total. The van der Waals surface area contributed by atoms with E-state index in [1.54, 1.807) is 6.08 Å². The highest BCUT2D eigenvalue weighted by Gasteiger charge is 2.14. The number of aromatic nitrogens is 3. The molecule has 1 amide bonds. The van der Waals surface area contributed by atoms with Crippen LogP contribution in [0.5, 0.6) is 0 Å². The summed E-state index contributed by atoms with van der Waals surface area (Å²) in [4.78, 5) is 22.1. The van der Waals surface area contributed by atoms with Gasteiger partial charge in [0.15, 0.2) is 5.16 Å². The number of nitro groups is 1. The molecule has 2 aromatic rings. The van der Waals surface area contributed by atoms with Crippen LogP contribution in [-0.4, -0.2) is 31.3 Å². The van der Waals surface area contributed by atoms with Gasteiger partial charge in [-0.2, -0.15) is 0 Å². The van der Waals surface area contributed by atoms with E-state index in [2.05, 4.69) is 22.1 Å². The van der Waals surface area contributed by atoms with E-state index in [4.69, 9.17) is 11.6 Å². The van der Waals surface area contributed by atoms with Crippen LogP contribution in [0.2, 0.25) is 5.02 Å². The molecule has 126 valence electrons. The Bertz CT molecular complexity index is 793. The van der Waals surface area contributed by atoms with Crippen LogP contribution in [0.1, 0.15) is 5.82 Å². The SMILES string of the molecule is C=CCn1c(C)nnc1SCC(=O)Nc1ccc([N+](=O)[O-])cc1Cl. The van der Waals surface area contributed by atoms with Crippen LogP contribution in [-0.2, 0) is 11.3 Å². The average Bonchev–Trinajstić information content (AvgIpc) is 2.88. The summed E-state index contributed by atoms with van der Waals surface area (Å²) in [5.74, 6) is 0.528. The molecule has 0 aliphatic heterocycles. The van der Waals surface area contributed by atoms with E-state index in [0.29, 0.717) is 17.4 Å². The minimum Gasteiger partial charge on any atom is -0.324 e. The smallest absolute Gasteiger partial charge is 0.271 e. The molecule has 2 rings (SSSR count). The predicted molar refractivity (Wildman–Crippen MR) is 92.4 cm³/mol. The highest BCUT2D eigenvalue weighted by Crippen LogP contribution is 2.27. The molecule has 24 heavy (non-hydrogen) atoms. The molecule has 1 aromatic carbocycles. The predicted octanol–water partition coefficient (Wildman–Crippen LogP) is 3.06. The Morgan fingerprint density at radius 3 is 2.92 bits per heavy atom. The van der Waals surface area contributed by atoms with Crippen molar-refractivity contribution in [2.75, 3.05) is 11.1 Å². The molecule has 0 unspecified atom stereocenters. The molecular weight excluding hydrogens is 354 g/mol. The number of nitrogens with zero attached hydrogens (tertiary/aromatic N) is 4. The zero-order chi connectivity index (χ0) is 17.7. The number of hydrogen-bond donors (Lipinski definition) is 1. The zero-order valence-electron chi connectivity index (χ0n) is 12.7. The number of carbonyl (C=O) groups is 1. The molecule has 0 fully saturated rings. The first-order valence-electron chi connectivity index (χ1n) is 6.79. The number of carbonyl (C=O) groups excluding carboxylic acids is 1. The summed E-state index contributed by atoms with van der Waals surface area (Å²) in [6.45, 7) is 6.04. The van der Waals surface area contributed by atoms with Gasteiger partial charge in [0, 0.05) is 18.7 Å². The second kappa shape index (κ2) is 7.93. The number of allylic oxidation sites excluding steroid dienone is 1. The lowest BCUT2D eigenvalue weighted by Gasteiger charge is -2.07. The van der Waals surface area contributed by atoms with Crippen LogP contribution >= 0.6 is 23.4 Å². The fourth-order valence-electron chi connectivity index (χ4n) is 1.84. The number of benzene rings is 1. The number of halogens is 1. The summed E-state index contributed by atoms with van der Waals surface area (Å²) in [6.07, 6.45) is 1.72. The Hall–Kier alpha value is -2.39. The fourth-order valence-corrected chi connectivity index (χ4v) is 2.86. The van der Waals surface area contributed by atoms with Crippen LogP contribution in [0, 0.1) is 17.0 Å². The standard InChI is InChI=1S/C14H14ClN5O3S/c1-3-6-19-9(2)17-18-14(19)24-8-13(21)16-12-5-4-10(20(22)23)7-11(12)15/h3-5,7H,1,6,8H2,2H3,(H,16,21). The number of nitrogens with one attached hydrogen (secondary N) is 1. The van der Waals surface area contributed by atoms with Gasteiger partial charge in [0.1, 0.15) is 5.82 Å². The third kappa shape index (κ3) is 4.33. The quantitative estimate of drug-likeness (QED) is 0.349. The highest BCUT2D eigenvalue weighted by atomic mass is 35.5. The molecule has 0 saturated heterocycles. The second-order valence-corrected chi connectivity index (χ2v) is 6.04. The van der Waals surface area contributed by atoms with Gasteiger partial charge in [-0.3, -0.25) is 14.9 Å². The van der Waals surface area contributed by atoms with Crippen molar-refractivity contribution in [3.63, 3.8) is 0 Å². The summed E-state index contributed by atoms with van der Waals surface area (Å²) in [5, 5.41) is 22.0. The maximum absolute atomic E-state index is 12.0. The summed E-state index contributed by atoms with van der Waals surface area (Å²) in [6, 6.07) is 3.86. The van der Waals surface area contributed by atoms with Crippen molar-refractivity contribution >= 4 is 40.6 Å². The van der Waals surface area contributed by atoms with E-state index in [-0.39, 0.29) is 22.4 Å². The van der Waals surface area contributed by atoms with Crippen LogP contribution in [0.3, 0.4) is 0 Å². The Morgan fingerprint density at radius 1 is 1.54 bits per heavy atom. The topological polar surface area (TPSA) is 103 Å². The maximum atomic E-state index is 12.0. The monoisotopic (exact) mass is 367 g/mol. The van der Waals surface area contributed by atoms with Gasteiger partial charge in [-0.05, 0) is 13.0 Å². The van der Waals surface area contributed by atoms with Crippen molar-refractivity contribution in [2.45, 2.75) is 18.6 Å². The van der Waals surface area contributed by atoms with Gasteiger partial charge in [0.2, 0.25) is 5.91 Å². The second-order valence-electron chi connectivity index (χ2n) is 4.69. The Morgan fingerprint density at radius 2 is 2.29 bits per heavy atom. The van der Waals surface area contributed by atoms with Gasteiger partial charge < -0.3 is 9.88 Å². The summed E-state index contributed by atoms with van der Waals surface area (Å²) in [7, 11) is 0. The van der Waals surface area contributed by atoms with E-state index in [0.717, 1.165) is 5.82 Å². The number of thioether (sulfide) groups is 1. The fraction of sp³-hybridized carbons (Fsp3) is 0.214. The molecule has 1 N–H and O–H groups in total. The van der Waals surface area contributed by atoms with Gasteiger partial charge in [-0.15, -0.1) is 16.8 Å². The highest BCUT2D eigenvalue weighted by molar-refractivity contribution is 7.99. The third-order valence-electron chi connectivity index (χ3n) is 2.98. The van der Waals surface area contributed by atoms with Crippen molar-refractivity contribution in [3.8, 4) is 0 Å². The first-order valence-corrected chi connectivity index (χ1v) is 8.16. The van der Waals surface area contributed by atoms with Gasteiger partial charge >= 0.3 is 0 Å². The first kappa shape index (κ1) is 18.0. The maximum Gasteiger partial charge on any atom is 0.271 e. The van der Waals surface area contributed by atoms with Crippen molar-refractivity contribution in [2.24, 2.45) is 0 Å². The summed E-state index contributed by atoms with van der Waals surface area (Å²) in [5.41, 5.74) is 0.178. The van der Waals surface area contributed by atoms with Crippen molar-refractivity contribution < 1.29 is 9.72 Å². The summed E-state index contributed by atoms with van der Waals surface area (Å²) >= 11 is 7.17. The van der Waals surface area contributed by atoms with Gasteiger partial charge in [0.25, 0.3) is 5.69 Å². The largest absolute Gasteiger partial charge is 0.324 e. The van der Waals surface area contributed by atoms with Gasteiger partial charge in [0.05, 0.1) is 21.4 Å². The van der Waals surface area contributed by atoms with Crippen molar-refractivity contribution in [3.05, 3.63) is 51.8 Å². The van der Waals surface area contributed by atoms with Gasteiger partial charge in [-0.25, -0.2) is 0 Å². The normalized spacial score (nSPS) is 10.4. The molecule has 10 heteroatoms. The molecular formula is C14H14ClN5O3S. The minimum atomic E-state index is -0.553. The Kier molecular flexibility index (Phi) is 5.93. The molecule has 0 radical (unpaired) electrons. The molecule has 1 aromatic heterocycles. The number of non-ortho nitro benzene ring substituents is 1. The van der Waals surface area contributed by atoms with Crippen molar-refractivity contribution in [1.29, 1.82) is 0 Å². The third-order valence-corrected chi connectivity index (χ3v) is 4.26. The lowest BCUT2D eigenvalue weighted by molar-refractivity contribution is -0.384. The molecule has 0 atom stereocenters. The van der Waals surface area contributed by atoms with Gasteiger partial charge in [-0.1, -0.05) is 29.4 Å². The summed E-state index contributed by atoms with van der Waals surface area (Å²) < 4.78 is 1.84. The number of anilines is 1. The van der Waals surface area contributed by atoms with Crippen LogP contribution in [0.25, 0.3) is 0 Å². The number of hydrogen-bond acceptors (Lipinski definition) is 6. The minimum absolute atomic E-state index is 0.0998. The van der Waals surface area contributed by atoms with E-state index < -0.39 is 4.92 Å². The molecule has 0 aliphatic carbocycles. The number of nitro benzene ring substituents is 1. The Balaban J connectivity index is 1.99. The Labute approximate surface area is 147 Å². The van der Waals surface area contributed by atoms with E-state index in [9.17, 15) is 14.9 Å². The number of rotatable bonds is 7. The lowest BCUT2D eigenvalue weighted by atomic mass is 10.3. The van der Waals surface area contributed by atoms with Crippen LogP contribution in [0.4, 0.5) is 11.4 Å². The number of amides is 1. The van der Waals surface area contributed by atoms with Crippen LogP contribution in [0.15, 0.2) is 36.0 Å². The molecule has 0 bridgehead atoms. The average molecular weight is 368 g/mol. The van der Waals surface area contributed by atoms with E-state index in [1.165, 1.54) is 30.0 Å². The van der Waals surface area contributed by atoms with Crippen molar-refractivity contribution in [1.82, 2.24) is 14.8 Å². The number of aryl methyl sites for hydroxylation is 1. The van der Waals surface area contributed by atoms with E-state index in [1.807, 2.05) is 11.5 Å². The molecule has 0 spiro atoms. The van der Waals surface area contributed by atoms with E-state index >= 15 is 0 Å². The zero-order valence-corrected chi connectivity index (χ0v) is 14.3. The van der Waals surface area contributed by atoms with Crippen LogP contribution < -0.4 is 5.32 Å². The first-order chi connectivity index (χ1) is 11.4.